The van der Waals surface area contributed by atoms with Crippen molar-refractivity contribution in [3.05, 3.63) is 42.0 Å². The maximum atomic E-state index is 13.1. The molecule has 0 aliphatic carbocycles. The van der Waals surface area contributed by atoms with Gasteiger partial charge in [-0.15, -0.1) is 11.3 Å². The highest BCUT2D eigenvalue weighted by atomic mass is 32.2. The smallest absolute Gasteiger partial charge is 0.253 e. The number of thiazole rings is 2. The Bertz CT molecular complexity index is 1300. The second-order valence-electron chi connectivity index (χ2n) is 6.38. The number of rotatable bonds is 4. The molecule has 10 heteroatoms. The minimum Gasteiger partial charge on any atom is -0.253 e. The SMILES string of the molecule is CSc1nc2ccc3nc(NS(=O)(=O)N4CCCc5ccccc54)sc3c2s1. The molecular weight excluding hydrogens is 432 g/mol. The summed E-state index contributed by atoms with van der Waals surface area (Å²) in [4.78, 5) is 9.08. The first-order valence-corrected chi connectivity index (χ1v) is 13.0. The average Bonchev–Trinajstić information content (AvgIpc) is 3.29. The lowest BCUT2D eigenvalue weighted by molar-refractivity contribution is 0.592. The van der Waals surface area contributed by atoms with Gasteiger partial charge in [-0.2, -0.15) is 8.42 Å². The summed E-state index contributed by atoms with van der Waals surface area (Å²) in [5.41, 5.74) is 3.51. The summed E-state index contributed by atoms with van der Waals surface area (Å²) in [5.74, 6) is 0. The van der Waals surface area contributed by atoms with Crippen LogP contribution in [0.25, 0.3) is 20.4 Å². The molecule has 0 fully saturated rings. The highest BCUT2D eigenvalue weighted by molar-refractivity contribution is 8.00. The third-order valence-corrected chi connectivity index (χ3v) is 9.39. The van der Waals surface area contributed by atoms with E-state index in [1.54, 1.807) is 23.1 Å². The molecule has 0 atom stereocenters. The van der Waals surface area contributed by atoms with Crippen LogP contribution in [-0.4, -0.2) is 31.2 Å². The number of thioether (sulfide) groups is 1. The van der Waals surface area contributed by atoms with Crippen LogP contribution in [0, 0.1) is 0 Å². The van der Waals surface area contributed by atoms with Gasteiger partial charge < -0.3 is 0 Å². The molecule has 0 spiro atoms. The van der Waals surface area contributed by atoms with Crippen LogP contribution < -0.4 is 9.03 Å². The Morgan fingerprint density at radius 2 is 1.82 bits per heavy atom. The van der Waals surface area contributed by atoms with E-state index in [-0.39, 0.29) is 0 Å². The van der Waals surface area contributed by atoms with Gasteiger partial charge in [0.05, 0.1) is 26.1 Å². The van der Waals surface area contributed by atoms with Crippen molar-refractivity contribution in [2.24, 2.45) is 0 Å². The Labute approximate surface area is 174 Å². The number of nitrogens with zero attached hydrogens (tertiary/aromatic N) is 3. The highest BCUT2D eigenvalue weighted by Gasteiger charge is 2.28. The number of hydrogen-bond donors (Lipinski definition) is 1. The lowest BCUT2D eigenvalue weighted by Gasteiger charge is -2.30. The lowest BCUT2D eigenvalue weighted by Crippen LogP contribution is -2.39. The monoisotopic (exact) mass is 448 g/mol. The Balaban J connectivity index is 1.53. The first-order valence-electron chi connectivity index (χ1n) is 8.67. The number of para-hydroxylation sites is 1. The summed E-state index contributed by atoms with van der Waals surface area (Å²) in [6.07, 6.45) is 3.69. The number of nitrogens with one attached hydrogen (secondary N) is 1. The number of aryl methyl sites for hydroxylation is 1. The zero-order valence-electron chi connectivity index (χ0n) is 14.9. The molecule has 2 aromatic heterocycles. The molecule has 2 aromatic carbocycles. The zero-order valence-corrected chi connectivity index (χ0v) is 18.1. The fourth-order valence-electron chi connectivity index (χ4n) is 3.40. The van der Waals surface area contributed by atoms with Gasteiger partial charge in [0.2, 0.25) is 0 Å². The second kappa shape index (κ2) is 6.87. The first kappa shape index (κ1) is 18.2. The van der Waals surface area contributed by atoms with E-state index in [2.05, 4.69) is 14.7 Å². The number of hydrogen-bond acceptors (Lipinski definition) is 7. The molecule has 6 nitrogen and oxygen atoms in total. The Kier molecular flexibility index (Phi) is 4.46. The second-order valence-corrected chi connectivity index (χ2v) is 11.0. The van der Waals surface area contributed by atoms with Gasteiger partial charge in [-0.25, -0.2) is 14.7 Å². The van der Waals surface area contributed by atoms with Crippen LogP contribution in [0.3, 0.4) is 0 Å². The van der Waals surface area contributed by atoms with Gasteiger partial charge in [-0.3, -0.25) is 4.31 Å². The number of benzene rings is 2. The topological polar surface area (TPSA) is 75.2 Å². The fraction of sp³-hybridized carbons (Fsp3) is 0.222. The maximum Gasteiger partial charge on any atom is 0.325 e. The van der Waals surface area contributed by atoms with Crippen molar-refractivity contribution in [2.45, 2.75) is 17.2 Å². The average molecular weight is 449 g/mol. The van der Waals surface area contributed by atoms with E-state index in [4.69, 9.17) is 0 Å². The van der Waals surface area contributed by atoms with Crippen molar-refractivity contribution < 1.29 is 8.42 Å². The molecule has 3 heterocycles. The fourth-order valence-corrected chi connectivity index (χ4v) is 7.57. The van der Waals surface area contributed by atoms with Gasteiger partial charge in [0.25, 0.3) is 0 Å². The molecule has 5 rings (SSSR count). The molecule has 1 aliphatic heterocycles. The third-order valence-electron chi connectivity index (χ3n) is 4.64. The van der Waals surface area contributed by atoms with Gasteiger partial charge >= 0.3 is 10.2 Å². The molecule has 28 heavy (non-hydrogen) atoms. The van der Waals surface area contributed by atoms with Gasteiger partial charge in [0.15, 0.2) is 9.47 Å². The predicted molar refractivity (Wildman–Crippen MR) is 119 cm³/mol. The minimum absolute atomic E-state index is 0.379. The van der Waals surface area contributed by atoms with E-state index in [1.807, 2.05) is 42.7 Å². The summed E-state index contributed by atoms with van der Waals surface area (Å²) in [7, 11) is -3.74. The van der Waals surface area contributed by atoms with E-state index >= 15 is 0 Å². The van der Waals surface area contributed by atoms with Crippen molar-refractivity contribution in [1.29, 1.82) is 0 Å². The van der Waals surface area contributed by atoms with Crippen LogP contribution in [0.15, 0.2) is 40.7 Å². The van der Waals surface area contributed by atoms with E-state index in [0.717, 1.165) is 48.9 Å². The first-order chi connectivity index (χ1) is 13.5. The van der Waals surface area contributed by atoms with Crippen molar-refractivity contribution in [1.82, 2.24) is 9.97 Å². The Morgan fingerprint density at radius 1 is 1.07 bits per heavy atom. The van der Waals surface area contributed by atoms with E-state index < -0.39 is 10.2 Å². The standard InChI is InChI=1S/C18H16N4O2S4/c1-25-18-20-13-9-8-12-15(16(13)27-18)26-17(19-12)21-28(23,24)22-10-4-6-11-5-2-3-7-14(11)22/h2-3,5,7-9H,4,6,10H2,1H3,(H,19,21). The quantitative estimate of drug-likeness (QED) is 0.457. The Hall–Kier alpha value is -1.88. The molecule has 0 saturated heterocycles. The maximum absolute atomic E-state index is 13.1. The van der Waals surface area contributed by atoms with Gasteiger partial charge in [0.1, 0.15) is 0 Å². The largest absolute Gasteiger partial charge is 0.325 e. The van der Waals surface area contributed by atoms with Crippen molar-refractivity contribution in [3.8, 4) is 0 Å². The van der Waals surface area contributed by atoms with E-state index in [0.29, 0.717) is 11.7 Å². The molecule has 0 amide bonds. The number of fused-ring (bicyclic) bond motifs is 4. The Morgan fingerprint density at radius 3 is 2.64 bits per heavy atom. The van der Waals surface area contributed by atoms with Gasteiger partial charge in [-0.05, 0) is 42.9 Å². The summed E-state index contributed by atoms with van der Waals surface area (Å²) < 4.78 is 33.3. The molecule has 0 bridgehead atoms. The third kappa shape index (κ3) is 3.04. The molecule has 4 aromatic rings. The van der Waals surface area contributed by atoms with Crippen molar-refractivity contribution in [3.63, 3.8) is 0 Å². The molecule has 0 unspecified atom stereocenters. The van der Waals surface area contributed by atoms with Crippen LogP contribution in [0.5, 0.6) is 0 Å². The van der Waals surface area contributed by atoms with Crippen LogP contribution >= 0.6 is 34.4 Å². The van der Waals surface area contributed by atoms with Crippen LogP contribution in [0.2, 0.25) is 0 Å². The normalized spacial score (nSPS) is 14.5. The zero-order chi connectivity index (χ0) is 19.3. The van der Waals surface area contributed by atoms with E-state index in [1.165, 1.54) is 15.6 Å². The minimum atomic E-state index is -3.74. The molecule has 0 saturated carbocycles. The van der Waals surface area contributed by atoms with Crippen LogP contribution in [-0.2, 0) is 16.6 Å². The van der Waals surface area contributed by atoms with Crippen LogP contribution in [0.1, 0.15) is 12.0 Å². The molecule has 144 valence electrons. The summed E-state index contributed by atoms with van der Waals surface area (Å²) >= 11 is 4.57. The summed E-state index contributed by atoms with van der Waals surface area (Å²) in [5, 5.41) is 0.379. The van der Waals surface area contributed by atoms with Gasteiger partial charge in [-0.1, -0.05) is 41.3 Å². The molecule has 0 radical (unpaired) electrons. The molecular formula is C18H16N4O2S4. The lowest BCUT2D eigenvalue weighted by atomic mass is 10.0. The molecule has 1 aliphatic rings. The predicted octanol–water partition coefficient (Wildman–Crippen LogP) is 4.74. The van der Waals surface area contributed by atoms with Crippen LogP contribution in [0.4, 0.5) is 10.8 Å². The van der Waals surface area contributed by atoms with E-state index in [9.17, 15) is 8.42 Å². The van der Waals surface area contributed by atoms with Gasteiger partial charge in [0, 0.05) is 6.54 Å². The molecule has 1 N–H and O–H groups in total. The number of aromatic nitrogens is 2. The summed E-state index contributed by atoms with van der Waals surface area (Å²) in [6.45, 7) is 0.466. The van der Waals surface area contributed by atoms with Crippen molar-refractivity contribution in [2.75, 3.05) is 21.8 Å². The van der Waals surface area contributed by atoms with Crippen molar-refractivity contribution >= 4 is 75.9 Å². The summed E-state index contributed by atoms with van der Waals surface area (Å²) in [6, 6.07) is 11.5. The number of anilines is 2. The highest BCUT2D eigenvalue weighted by Crippen LogP contribution is 2.38.